The van der Waals surface area contributed by atoms with Crippen molar-refractivity contribution in [2.45, 2.75) is 82.7 Å². The van der Waals surface area contributed by atoms with Gasteiger partial charge in [0.25, 0.3) is 11.8 Å². The molecular formula is C19H32N4O3. The van der Waals surface area contributed by atoms with Gasteiger partial charge in [-0.15, -0.1) is 0 Å². The zero-order valence-corrected chi connectivity index (χ0v) is 16.1. The predicted octanol–water partition coefficient (Wildman–Crippen LogP) is 2.17. The summed E-state index contributed by atoms with van der Waals surface area (Å²) in [6, 6.07) is -0.104. The number of nitrogens with zero attached hydrogens (tertiary/aromatic N) is 2. The van der Waals surface area contributed by atoms with E-state index in [1.165, 1.54) is 25.7 Å². The van der Waals surface area contributed by atoms with Gasteiger partial charge < -0.3 is 5.32 Å². The number of rotatable bonds is 4. The van der Waals surface area contributed by atoms with Crippen LogP contribution in [0.5, 0.6) is 0 Å². The highest BCUT2D eigenvalue weighted by molar-refractivity contribution is 6.08. The number of urea groups is 1. The second-order valence-electron chi connectivity index (χ2n) is 8.43. The lowest BCUT2D eigenvalue weighted by Gasteiger charge is -2.33. The number of nitrogens with one attached hydrogen (secondary N) is 2. The largest absolute Gasteiger partial charge is 0.344 e. The quantitative estimate of drug-likeness (QED) is 0.592. The van der Waals surface area contributed by atoms with E-state index in [0.717, 1.165) is 30.7 Å². The smallest absolute Gasteiger partial charge is 0.322 e. The Labute approximate surface area is 155 Å². The number of amides is 4. The third-order valence-corrected chi connectivity index (χ3v) is 6.37. The van der Waals surface area contributed by atoms with Crippen LogP contribution in [0, 0.1) is 5.92 Å². The van der Waals surface area contributed by atoms with E-state index in [9.17, 15) is 14.4 Å². The number of hydrogen-bond donors (Lipinski definition) is 2. The molecule has 26 heavy (non-hydrogen) atoms. The zero-order chi connectivity index (χ0) is 18.7. The Morgan fingerprint density at radius 1 is 1.15 bits per heavy atom. The lowest BCUT2D eigenvalue weighted by atomic mass is 9.77. The third-order valence-electron chi connectivity index (χ3n) is 6.37. The van der Waals surface area contributed by atoms with Crippen molar-refractivity contribution >= 4 is 17.8 Å². The molecule has 0 aromatic heterocycles. The minimum absolute atomic E-state index is 0.200. The minimum Gasteiger partial charge on any atom is -0.322 e. The Kier molecular flexibility index (Phi) is 5.85. The Morgan fingerprint density at radius 2 is 1.77 bits per heavy atom. The van der Waals surface area contributed by atoms with Gasteiger partial charge in [0, 0.05) is 6.04 Å². The molecule has 146 valence electrons. The lowest BCUT2D eigenvalue weighted by molar-refractivity contribution is -0.140. The van der Waals surface area contributed by atoms with Crippen molar-refractivity contribution in [1.82, 2.24) is 20.7 Å². The lowest BCUT2D eigenvalue weighted by Crippen LogP contribution is -2.53. The molecule has 1 aliphatic heterocycles. The first-order valence-corrected chi connectivity index (χ1v) is 10.1. The summed E-state index contributed by atoms with van der Waals surface area (Å²) >= 11 is 0. The topological polar surface area (TPSA) is 81.8 Å². The zero-order valence-electron chi connectivity index (χ0n) is 16.1. The Hall–Kier alpha value is -1.63. The standard InChI is InChI=1S/C19H32N4O3/c1-14-9-11-19(12-10-14)17(25)23(18(26)20-19)21-16(24)13-22(2)15-7-5-3-4-6-8-15/h14-15H,3-13H2,1-2H3,(H,20,26)(H,21,24). The van der Waals surface area contributed by atoms with E-state index < -0.39 is 11.6 Å². The van der Waals surface area contributed by atoms with Crippen LogP contribution in [-0.4, -0.2) is 52.9 Å². The Balaban J connectivity index is 1.55. The van der Waals surface area contributed by atoms with Crippen LogP contribution < -0.4 is 10.7 Å². The fraction of sp³-hybridized carbons (Fsp3) is 0.842. The van der Waals surface area contributed by atoms with E-state index in [1.807, 2.05) is 7.05 Å². The van der Waals surface area contributed by atoms with E-state index in [4.69, 9.17) is 0 Å². The second-order valence-corrected chi connectivity index (χ2v) is 8.43. The maximum atomic E-state index is 12.8. The van der Waals surface area contributed by atoms with Crippen molar-refractivity contribution in [2.24, 2.45) is 5.92 Å². The molecule has 4 amide bonds. The number of carbonyl (C=O) groups excluding carboxylic acids is 3. The number of hydrogen-bond acceptors (Lipinski definition) is 4. The average molecular weight is 364 g/mol. The molecule has 1 saturated heterocycles. The SMILES string of the molecule is CC1CCC2(CC1)NC(=O)N(NC(=O)CN(C)C1CCCCCC1)C2=O. The van der Waals surface area contributed by atoms with Crippen LogP contribution in [0.25, 0.3) is 0 Å². The van der Waals surface area contributed by atoms with Crippen molar-refractivity contribution in [1.29, 1.82) is 0 Å². The predicted molar refractivity (Wildman–Crippen MR) is 98.0 cm³/mol. The summed E-state index contributed by atoms with van der Waals surface area (Å²) in [5.41, 5.74) is 1.72. The molecule has 0 aromatic carbocycles. The van der Waals surface area contributed by atoms with Crippen LogP contribution in [0.1, 0.15) is 71.1 Å². The summed E-state index contributed by atoms with van der Waals surface area (Å²) in [5, 5.41) is 3.73. The van der Waals surface area contributed by atoms with Gasteiger partial charge in [0.1, 0.15) is 5.54 Å². The first-order chi connectivity index (χ1) is 12.4. The van der Waals surface area contributed by atoms with E-state index >= 15 is 0 Å². The van der Waals surface area contributed by atoms with Crippen molar-refractivity contribution in [3.8, 4) is 0 Å². The molecule has 3 fully saturated rings. The molecule has 2 saturated carbocycles. The molecule has 2 N–H and O–H groups in total. The number of carbonyl (C=O) groups is 3. The molecule has 0 radical (unpaired) electrons. The van der Waals surface area contributed by atoms with Crippen LogP contribution in [0.3, 0.4) is 0 Å². The number of hydrazine groups is 1. The molecule has 7 heteroatoms. The first kappa shape index (κ1) is 19.1. The monoisotopic (exact) mass is 364 g/mol. The van der Waals surface area contributed by atoms with Crippen molar-refractivity contribution in [2.75, 3.05) is 13.6 Å². The number of likely N-dealkylation sites (N-methyl/N-ethyl adjacent to an activating group) is 1. The van der Waals surface area contributed by atoms with Crippen LogP contribution in [-0.2, 0) is 9.59 Å². The highest BCUT2D eigenvalue weighted by Gasteiger charge is 2.52. The molecule has 3 aliphatic rings. The van der Waals surface area contributed by atoms with E-state index in [0.29, 0.717) is 24.8 Å². The Bertz CT molecular complexity index is 549. The van der Waals surface area contributed by atoms with E-state index in [-0.39, 0.29) is 18.4 Å². The van der Waals surface area contributed by atoms with Crippen molar-refractivity contribution in [3.05, 3.63) is 0 Å². The summed E-state index contributed by atoms with van der Waals surface area (Å²) < 4.78 is 0. The van der Waals surface area contributed by atoms with Gasteiger partial charge in [-0.2, -0.15) is 5.01 Å². The van der Waals surface area contributed by atoms with Crippen molar-refractivity contribution in [3.63, 3.8) is 0 Å². The summed E-state index contributed by atoms with van der Waals surface area (Å²) in [6.45, 7) is 2.36. The normalized spacial score (nSPS) is 30.6. The summed E-state index contributed by atoms with van der Waals surface area (Å²) in [6.07, 6.45) is 10.3. The van der Waals surface area contributed by atoms with E-state index in [1.54, 1.807) is 0 Å². The second kappa shape index (κ2) is 7.94. The molecule has 0 bridgehead atoms. The maximum absolute atomic E-state index is 12.8. The van der Waals surface area contributed by atoms with Crippen molar-refractivity contribution < 1.29 is 14.4 Å². The van der Waals surface area contributed by atoms with Gasteiger partial charge in [0.05, 0.1) is 6.54 Å². The highest BCUT2D eigenvalue weighted by Crippen LogP contribution is 2.35. The van der Waals surface area contributed by atoms with Gasteiger partial charge in [-0.05, 0) is 51.5 Å². The van der Waals surface area contributed by atoms with E-state index in [2.05, 4.69) is 22.6 Å². The van der Waals surface area contributed by atoms with Gasteiger partial charge in [0.2, 0.25) is 0 Å². The van der Waals surface area contributed by atoms with Gasteiger partial charge in [-0.3, -0.25) is 19.9 Å². The van der Waals surface area contributed by atoms with Gasteiger partial charge in [-0.25, -0.2) is 4.79 Å². The molecule has 2 aliphatic carbocycles. The molecule has 0 unspecified atom stereocenters. The molecular weight excluding hydrogens is 332 g/mol. The fourth-order valence-electron chi connectivity index (χ4n) is 4.53. The van der Waals surface area contributed by atoms with Gasteiger partial charge in [0.15, 0.2) is 0 Å². The van der Waals surface area contributed by atoms with Gasteiger partial charge in [-0.1, -0.05) is 32.6 Å². The molecule has 0 aromatic rings. The summed E-state index contributed by atoms with van der Waals surface area (Å²) in [7, 11) is 1.95. The molecule has 0 atom stereocenters. The first-order valence-electron chi connectivity index (χ1n) is 10.1. The number of imide groups is 1. The molecule has 7 nitrogen and oxygen atoms in total. The van der Waals surface area contributed by atoms with Crippen LogP contribution in [0.2, 0.25) is 0 Å². The van der Waals surface area contributed by atoms with Crippen LogP contribution >= 0.6 is 0 Å². The minimum atomic E-state index is -0.815. The summed E-state index contributed by atoms with van der Waals surface area (Å²) in [5.74, 6) is -0.0384. The third kappa shape index (κ3) is 4.03. The summed E-state index contributed by atoms with van der Waals surface area (Å²) in [4.78, 5) is 39.5. The average Bonchev–Trinajstić information content (AvgIpc) is 2.82. The fourth-order valence-corrected chi connectivity index (χ4v) is 4.53. The maximum Gasteiger partial charge on any atom is 0.344 e. The molecule has 1 spiro atoms. The van der Waals surface area contributed by atoms with Crippen LogP contribution in [0.15, 0.2) is 0 Å². The highest BCUT2D eigenvalue weighted by atomic mass is 16.2. The van der Waals surface area contributed by atoms with Gasteiger partial charge >= 0.3 is 6.03 Å². The molecule has 1 heterocycles. The molecule has 3 rings (SSSR count). The Morgan fingerprint density at radius 3 is 2.38 bits per heavy atom. The van der Waals surface area contributed by atoms with Crippen LogP contribution in [0.4, 0.5) is 4.79 Å².